The molecule has 2 fully saturated rings. The maximum Gasteiger partial charge on any atom is 0.326 e. The highest BCUT2D eigenvalue weighted by Gasteiger charge is 2.30. The van der Waals surface area contributed by atoms with Crippen LogP contribution in [0.4, 0.5) is 0 Å². The largest absolute Gasteiger partial charge is 0.381 e. The molecule has 144 valence electrons. The quantitative estimate of drug-likeness (QED) is 0.885. The van der Waals surface area contributed by atoms with Gasteiger partial charge in [0.05, 0.1) is 17.1 Å². The van der Waals surface area contributed by atoms with Crippen LogP contribution in [0.5, 0.6) is 0 Å². The van der Waals surface area contributed by atoms with E-state index in [0.717, 1.165) is 37.0 Å². The number of fused-ring (bicyclic) bond motifs is 1. The Kier molecular flexibility index (Phi) is 6.10. The van der Waals surface area contributed by atoms with Gasteiger partial charge in [-0.2, -0.15) is 0 Å². The van der Waals surface area contributed by atoms with Crippen molar-refractivity contribution >= 4 is 23.4 Å². The first-order valence-electron chi connectivity index (χ1n) is 9.63. The number of aromatic amines is 1. The predicted octanol–water partition coefficient (Wildman–Crippen LogP) is 3.65. The van der Waals surface area contributed by atoms with E-state index in [9.17, 15) is 4.79 Å². The highest BCUT2D eigenvalue weighted by molar-refractivity contribution is 5.85. The molecule has 2 aromatic rings. The number of nitrogens with one attached hydrogen (secondary N) is 1. The zero-order chi connectivity index (χ0) is 17.4. The van der Waals surface area contributed by atoms with Crippen molar-refractivity contribution in [2.45, 2.75) is 63.6 Å². The third-order valence-corrected chi connectivity index (χ3v) is 6.23. The van der Waals surface area contributed by atoms with Crippen molar-refractivity contribution in [2.75, 3.05) is 20.2 Å². The normalized spacial score (nSPS) is 25.3. The summed E-state index contributed by atoms with van der Waals surface area (Å²) < 4.78 is 7.50. The molecule has 0 atom stereocenters. The highest BCUT2D eigenvalue weighted by Crippen LogP contribution is 2.30. The van der Waals surface area contributed by atoms with Crippen molar-refractivity contribution in [3.05, 3.63) is 34.2 Å². The minimum atomic E-state index is 0. The number of hydrogen-bond acceptors (Lipinski definition) is 3. The molecule has 1 aromatic heterocycles. The standard InChI is InChI=1S/C20H29N3O2.ClH/c1-14-3-8-18-19(13-14)23(20(24)21-18)16-9-11-22(12-10-16)15-4-6-17(25-2)7-5-15;/h3,8,13,15-17H,4-7,9-12H2,1-2H3,(H,21,24);1H/t15-,17-;. The van der Waals surface area contributed by atoms with E-state index >= 15 is 0 Å². The first kappa shape index (κ1) is 19.5. The van der Waals surface area contributed by atoms with Crippen LogP contribution in [0.3, 0.4) is 0 Å². The molecule has 0 radical (unpaired) electrons. The molecule has 6 heteroatoms. The number of H-pyrrole nitrogens is 1. The number of likely N-dealkylation sites (tertiary alicyclic amines) is 1. The predicted molar refractivity (Wildman–Crippen MR) is 107 cm³/mol. The number of benzene rings is 1. The van der Waals surface area contributed by atoms with Gasteiger partial charge >= 0.3 is 5.69 Å². The minimum Gasteiger partial charge on any atom is -0.381 e. The van der Waals surface area contributed by atoms with E-state index in [2.05, 4.69) is 28.9 Å². The number of nitrogens with zero attached hydrogens (tertiary/aromatic N) is 2. The Bertz CT molecular complexity index is 784. The Morgan fingerprint density at radius 3 is 2.38 bits per heavy atom. The van der Waals surface area contributed by atoms with Crippen molar-refractivity contribution in [3.63, 3.8) is 0 Å². The number of halogens is 1. The number of imidazole rings is 1. The summed E-state index contributed by atoms with van der Waals surface area (Å²) in [4.78, 5) is 18.1. The van der Waals surface area contributed by atoms with E-state index in [1.807, 2.05) is 17.7 Å². The Balaban J connectivity index is 0.00000196. The number of aryl methyl sites for hydroxylation is 1. The molecule has 1 aromatic carbocycles. The molecular formula is C20H30ClN3O2. The minimum absolute atomic E-state index is 0. The lowest BCUT2D eigenvalue weighted by Gasteiger charge is -2.40. The van der Waals surface area contributed by atoms with Gasteiger partial charge in [0.1, 0.15) is 0 Å². The maximum atomic E-state index is 12.5. The molecule has 1 saturated carbocycles. The summed E-state index contributed by atoms with van der Waals surface area (Å²) in [5, 5.41) is 0. The van der Waals surface area contributed by atoms with E-state index in [1.165, 1.54) is 31.2 Å². The second-order valence-electron chi connectivity index (χ2n) is 7.75. The van der Waals surface area contributed by atoms with Crippen LogP contribution in [0.25, 0.3) is 11.0 Å². The third-order valence-electron chi connectivity index (χ3n) is 6.23. The van der Waals surface area contributed by atoms with Gasteiger partial charge in [0.25, 0.3) is 0 Å². The van der Waals surface area contributed by atoms with Crippen molar-refractivity contribution in [1.29, 1.82) is 0 Å². The molecule has 0 unspecified atom stereocenters. The summed E-state index contributed by atoms with van der Waals surface area (Å²) in [5.74, 6) is 0. The van der Waals surface area contributed by atoms with Gasteiger partial charge in [0.15, 0.2) is 0 Å². The van der Waals surface area contributed by atoms with Crippen LogP contribution in [0, 0.1) is 6.92 Å². The second-order valence-corrected chi connectivity index (χ2v) is 7.75. The molecule has 1 aliphatic heterocycles. The van der Waals surface area contributed by atoms with Crippen molar-refractivity contribution < 1.29 is 4.74 Å². The van der Waals surface area contributed by atoms with E-state index in [0.29, 0.717) is 18.2 Å². The summed E-state index contributed by atoms with van der Waals surface area (Å²) >= 11 is 0. The lowest BCUT2D eigenvalue weighted by atomic mass is 9.90. The van der Waals surface area contributed by atoms with E-state index in [-0.39, 0.29) is 18.1 Å². The number of aromatic nitrogens is 2. The van der Waals surface area contributed by atoms with Gasteiger partial charge in [-0.05, 0) is 63.1 Å². The van der Waals surface area contributed by atoms with Gasteiger partial charge < -0.3 is 14.6 Å². The van der Waals surface area contributed by atoms with Gasteiger partial charge in [-0.3, -0.25) is 4.57 Å². The Labute approximate surface area is 161 Å². The summed E-state index contributed by atoms with van der Waals surface area (Å²) in [6, 6.07) is 7.22. The molecule has 0 bridgehead atoms. The molecule has 0 amide bonds. The van der Waals surface area contributed by atoms with Crippen LogP contribution in [-0.4, -0.2) is 46.8 Å². The smallest absolute Gasteiger partial charge is 0.326 e. The van der Waals surface area contributed by atoms with Gasteiger partial charge in [-0.15, -0.1) is 12.4 Å². The third kappa shape index (κ3) is 3.71. The SMILES string of the molecule is CO[C@H]1CC[C@H](N2CCC(n3c(=O)[nH]c4ccc(C)cc43)CC2)CC1.Cl. The van der Waals surface area contributed by atoms with Crippen LogP contribution in [-0.2, 0) is 4.74 Å². The molecule has 2 heterocycles. The molecule has 5 nitrogen and oxygen atoms in total. The first-order chi connectivity index (χ1) is 12.2. The number of ether oxygens (including phenoxy) is 1. The second kappa shape index (κ2) is 8.15. The van der Waals surface area contributed by atoms with Crippen LogP contribution in [0.2, 0.25) is 0 Å². The first-order valence-corrected chi connectivity index (χ1v) is 9.63. The van der Waals surface area contributed by atoms with Crippen LogP contribution < -0.4 is 5.69 Å². The summed E-state index contributed by atoms with van der Waals surface area (Å²) in [5.41, 5.74) is 3.26. The molecule has 0 spiro atoms. The van der Waals surface area contributed by atoms with Gasteiger partial charge in [0, 0.05) is 32.3 Å². The van der Waals surface area contributed by atoms with Gasteiger partial charge in [0.2, 0.25) is 0 Å². The average Bonchev–Trinajstić information content (AvgIpc) is 2.97. The fraction of sp³-hybridized carbons (Fsp3) is 0.650. The van der Waals surface area contributed by atoms with Crippen LogP contribution in [0.15, 0.2) is 23.0 Å². The fourth-order valence-corrected chi connectivity index (χ4v) is 4.75. The summed E-state index contributed by atoms with van der Waals surface area (Å²) in [6.07, 6.45) is 7.44. The number of hydrogen-bond donors (Lipinski definition) is 1. The Hall–Kier alpha value is -1.30. The molecule has 1 N–H and O–H groups in total. The van der Waals surface area contributed by atoms with Crippen molar-refractivity contribution in [2.24, 2.45) is 0 Å². The van der Waals surface area contributed by atoms with Crippen LogP contribution >= 0.6 is 12.4 Å². The Morgan fingerprint density at radius 1 is 1.04 bits per heavy atom. The lowest BCUT2D eigenvalue weighted by molar-refractivity contribution is 0.0296. The molecular weight excluding hydrogens is 350 g/mol. The maximum absolute atomic E-state index is 12.5. The number of piperidine rings is 1. The summed E-state index contributed by atoms with van der Waals surface area (Å²) in [6.45, 7) is 4.27. The lowest BCUT2D eigenvalue weighted by Crippen LogP contribution is -2.45. The van der Waals surface area contributed by atoms with Gasteiger partial charge in [-0.25, -0.2) is 4.79 Å². The molecule has 2 aliphatic rings. The van der Waals surface area contributed by atoms with E-state index in [1.54, 1.807) is 0 Å². The molecule has 26 heavy (non-hydrogen) atoms. The summed E-state index contributed by atoms with van der Waals surface area (Å²) in [7, 11) is 1.83. The topological polar surface area (TPSA) is 50.3 Å². The molecule has 1 aliphatic carbocycles. The van der Waals surface area contributed by atoms with Crippen molar-refractivity contribution in [1.82, 2.24) is 14.5 Å². The molecule has 1 saturated heterocycles. The van der Waals surface area contributed by atoms with Crippen molar-refractivity contribution in [3.8, 4) is 0 Å². The van der Waals surface area contributed by atoms with Crippen LogP contribution in [0.1, 0.15) is 50.1 Å². The number of rotatable bonds is 3. The van der Waals surface area contributed by atoms with E-state index < -0.39 is 0 Å². The number of methoxy groups -OCH3 is 1. The zero-order valence-corrected chi connectivity index (χ0v) is 16.6. The average molecular weight is 380 g/mol. The monoisotopic (exact) mass is 379 g/mol. The van der Waals surface area contributed by atoms with Gasteiger partial charge in [-0.1, -0.05) is 6.07 Å². The molecule has 4 rings (SSSR count). The highest BCUT2D eigenvalue weighted by atomic mass is 35.5. The zero-order valence-electron chi connectivity index (χ0n) is 15.7. The Morgan fingerprint density at radius 2 is 1.73 bits per heavy atom. The van der Waals surface area contributed by atoms with E-state index in [4.69, 9.17) is 4.74 Å². The fourth-order valence-electron chi connectivity index (χ4n) is 4.75.